The molecule has 0 N–H and O–H groups in total. The van der Waals surface area contributed by atoms with Crippen LogP contribution in [0.5, 0.6) is 0 Å². The Kier molecular flexibility index (Phi) is 5.22. The van der Waals surface area contributed by atoms with Gasteiger partial charge < -0.3 is 4.74 Å². The van der Waals surface area contributed by atoms with E-state index >= 15 is 0 Å². The van der Waals surface area contributed by atoms with Gasteiger partial charge in [-0.2, -0.15) is 0 Å². The van der Waals surface area contributed by atoms with Crippen LogP contribution in [0.15, 0.2) is 0 Å². The predicted octanol–water partition coefficient (Wildman–Crippen LogP) is 2.96. The molecule has 1 amide bonds. The fourth-order valence-corrected chi connectivity index (χ4v) is 12.2. The lowest BCUT2D eigenvalue weighted by molar-refractivity contribution is 0.0763. The molecule has 0 aliphatic heterocycles. The Hall–Kier alpha value is -0.336. The van der Waals surface area contributed by atoms with Gasteiger partial charge in [0.15, 0.2) is 0 Å². The van der Waals surface area contributed by atoms with Crippen LogP contribution in [0.25, 0.3) is 0 Å². The zero-order valence-electron chi connectivity index (χ0n) is 11.9. The number of amides is 1. The van der Waals surface area contributed by atoms with Crippen molar-refractivity contribution in [2.75, 3.05) is 13.7 Å². The van der Waals surface area contributed by atoms with Gasteiger partial charge in [-0.3, -0.25) is 9.35 Å². The highest BCUT2D eigenvalue weighted by Gasteiger charge is 2.39. The summed E-state index contributed by atoms with van der Waals surface area (Å²) in [5, 5.41) is 1.68. The summed E-state index contributed by atoms with van der Waals surface area (Å²) in [6.07, 6.45) is -0.243. The minimum Gasteiger partial charge on any atom is -0.449 e. The van der Waals surface area contributed by atoms with Crippen molar-refractivity contribution in [2.45, 2.75) is 46.2 Å². The summed E-state index contributed by atoms with van der Waals surface area (Å²) < 4.78 is 7.37. The van der Waals surface area contributed by atoms with Crippen molar-refractivity contribution in [3.63, 3.8) is 0 Å². The van der Waals surface area contributed by atoms with Crippen LogP contribution in [0.2, 0.25) is 39.3 Å². The van der Waals surface area contributed by atoms with Crippen LogP contribution in [0, 0.1) is 0 Å². The molecular weight excluding hydrogens is 236 g/mol. The number of hydrogen-bond acceptors (Lipinski definition) is 3. The van der Waals surface area contributed by atoms with Crippen LogP contribution in [0.4, 0.5) is 4.79 Å². The van der Waals surface area contributed by atoms with Crippen molar-refractivity contribution in [3.05, 3.63) is 0 Å². The molecule has 0 rings (SSSR count). The van der Waals surface area contributed by atoms with Crippen molar-refractivity contribution in [1.82, 2.24) is 9.35 Å². The van der Waals surface area contributed by atoms with Crippen LogP contribution >= 0.6 is 0 Å². The Morgan fingerprint density at radius 3 is 1.69 bits per heavy atom. The standard InChI is InChI=1S/C10H26N2O2Si2/c1-9-14-10(13)11(2)12(15(3,4)5)16(6,7)8/h9H2,1-8H3. The van der Waals surface area contributed by atoms with Crippen LogP contribution in [0.3, 0.4) is 0 Å². The van der Waals surface area contributed by atoms with Crippen LogP contribution in [0.1, 0.15) is 6.92 Å². The quantitative estimate of drug-likeness (QED) is 0.577. The Balaban J connectivity index is 5.00. The Morgan fingerprint density at radius 1 is 1.06 bits per heavy atom. The maximum Gasteiger partial charge on any atom is 0.423 e. The molecule has 0 heterocycles. The Morgan fingerprint density at radius 2 is 1.44 bits per heavy atom. The monoisotopic (exact) mass is 262 g/mol. The van der Waals surface area contributed by atoms with Crippen molar-refractivity contribution >= 4 is 22.6 Å². The van der Waals surface area contributed by atoms with E-state index in [0.29, 0.717) is 6.61 Å². The molecule has 0 saturated heterocycles. The lowest BCUT2D eigenvalue weighted by Crippen LogP contribution is -2.66. The van der Waals surface area contributed by atoms with Crippen LogP contribution in [-0.2, 0) is 4.74 Å². The minimum atomic E-state index is -1.56. The van der Waals surface area contributed by atoms with Gasteiger partial charge in [0, 0.05) is 7.05 Å². The van der Waals surface area contributed by atoms with Crippen molar-refractivity contribution in [1.29, 1.82) is 0 Å². The zero-order valence-corrected chi connectivity index (χ0v) is 13.9. The maximum absolute atomic E-state index is 11.8. The largest absolute Gasteiger partial charge is 0.449 e. The summed E-state index contributed by atoms with van der Waals surface area (Å²) in [5.74, 6) is 0. The summed E-state index contributed by atoms with van der Waals surface area (Å²) >= 11 is 0. The number of carbonyl (C=O) groups excluding carboxylic acids is 1. The lowest BCUT2D eigenvalue weighted by Gasteiger charge is -2.47. The second-order valence-electron chi connectivity index (χ2n) is 5.88. The van der Waals surface area contributed by atoms with Gasteiger partial charge in [-0.25, -0.2) is 4.79 Å². The van der Waals surface area contributed by atoms with Gasteiger partial charge in [-0.15, -0.1) is 0 Å². The molecule has 0 unspecified atom stereocenters. The van der Waals surface area contributed by atoms with Gasteiger partial charge in [-0.1, -0.05) is 39.3 Å². The fraction of sp³-hybridized carbons (Fsp3) is 0.900. The number of hydrogen-bond donors (Lipinski definition) is 0. The highest BCUT2D eigenvalue weighted by molar-refractivity contribution is 6.89. The molecule has 0 atom stereocenters. The minimum absolute atomic E-state index is 0.243. The molecule has 0 fully saturated rings. The summed E-state index contributed by atoms with van der Waals surface area (Å²) in [5.41, 5.74) is 0. The Bertz CT molecular complexity index is 232. The lowest BCUT2D eigenvalue weighted by atomic mass is 10.9. The molecular formula is C10H26N2O2Si2. The van der Waals surface area contributed by atoms with E-state index < -0.39 is 16.5 Å². The van der Waals surface area contributed by atoms with E-state index in [-0.39, 0.29) is 6.09 Å². The van der Waals surface area contributed by atoms with Crippen LogP contribution < -0.4 is 0 Å². The third-order valence-corrected chi connectivity index (χ3v) is 9.27. The van der Waals surface area contributed by atoms with Crippen molar-refractivity contribution < 1.29 is 9.53 Å². The molecule has 0 radical (unpaired) electrons. The van der Waals surface area contributed by atoms with E-state index in [1.54, 1.807) is 5.01 Å². The predicted molar refractivity (Wildman–Crippen MR) is 73.3 cm³/mol. The molecule has 0 aliphatic carbocycles. The van der Waals surface area contributed by atoms with E-state index in [2.05, 4.69) is 43.6 Å². The number of nitrogens with zero attached hydrogens (tertiary/aromatic N) is 2. The smallest absolute Gasteiger partial charge is 0.423 e. The number of hydrazine groups is 1. The molecule has 0 saturated carbocycles. The van der Waals surface area contributed by atoms with E-state index in [9.17, 15) is 4.79 Å². The van der Waals surface area contributed by atoms with Gasteiger partial charge in [0.2, 0.25) is 0 Å². The second kappa shape index (κ2) is 5.33. The zero-order chi connectivity index (χ0) is 13.1. The van der Waals surface area contributed by atoms with Crippen LogP contribution in [-0.4, -0.2) is 45.6 Å². The van der Waals surface area contributed by atoms with Gasteiger partial charge in [0.05, 0.1) is 6.61 Å². The van der Waals surface area contributed by atoms with Gasteiger partial charge in [0.1, 0.15) is 16.5 Å². The summed E-state index contributed by atoms with van der Waals surface area (Å²) in [6.45, 7) is 15.8. The Labute approximate surface area is 102 Å². The number of rotatable bonds is 4. The summed E-state index contributed by atoms with van der Waals surface area (Å²) in [6, 6.07) is 0. The van der Waals surface area contributed by atoms with Gasteiger partial charge in [-0.05, 0) is 6.92 Å². The van der Waals surface area contributed by atoms with E-state index in [1.807, 2.05) is 14.0 Å². The van der Waals surface area contributed by atoms with Crippen molar-refractivity contribution in [2.24, 2.45) is 0 Å². The van der Waals surface area contributed by atoms with E-state index in [4.69, 9.17) is 4.74 Å². The average Bonchev–Trinajstić information content (AvgIpc) is 1.98. The first-order valence-electron chi connectivity index (χ1n) is 5.72. The highest BCUT2D eigenvalue weighted by Crippen LogP contribution is 2.21. The molecule has 0 aromatic carbocycles. The molecule has 4 nitrogen and oxygen atoms in total. The molecule has 0 spiro atoms. The first-order valence-corrected chi connectivity index (χ1v) is 12.6. The molecule has 0 bridgehead atoms. The molecule has 0 aromatic rings. The second-order valence-corrected chi connectivity index (χ2v) is 15.9. The number of carbonyl (C=O) groups is 1. The average molecular weight is 263 g/mol. The summed E-state index contributed by atoms with van der Waals surface area (Å²) in [7, 11) is -1.30. The first kappa shape index (κ1) is 15.7. The first-order chi connectivity index (χ1) is 7.01. The normalized spacial score (nSPS) is 12.8. The third kappa shape index (κ3) is 4.27. The summed E-state index contributed by atoms with van der Waals surface area (Å²) in [4.78, 5) is 11.8. The van der Waals surface area contributed by atoms with E-state index in [1.165, 1.54) is 0 Å². The van der Waals surface area contributed by atoms with E-state index in [0.717, 1.165) is 0 Å². The molecule has 16 heavy (non-hydrogen) atoms. The topological polar surface area (TPSA) is 32.8 Å². The highest BCUT2D eigenvalue weighted by atomic mass is 28.4. The molecule has 6 heteroatoms. The van der Waals surface area contributed by atoms with Gasteiger partial charge in [0.25, 0.3) is 0 Å². The maximum atomic E-state index is 11.8. The van der Waals surface area contributed by atoms with Crippen molar-refractivity contribution in [3.8, 4) is 0 Å². The number of ether oxygens (including phenoxy) is 1. The molecule has 0 aromatic heterocycles. The fourth-order valence-electron chi connectivity index (χ4n) is 2.20. The third-order valence-electron chi connectivity index (χ3n) is 2.10. The molecule has 0 aliphatic rings. The molecule has 96 valence electrons. The SMILES string of the molecule is CCOC(=O)N(C)N([Si](C)(C)C)[Si](C)(C)C. The van der Waals surface area contributed by atoms with Gasteiger partial charge >= 0.3 is 6.09 Å².